The summed E-state index contributed by atoms with van der Waals surface area (Å²) in [6, 6.07) is 9.42. The second-order valence-electron chi connectivity index (χ2n) is 5.16. The van der Waals surface area contributed by atoms with Crippen molar-refractivity contribution in [3.63, 3.8) is 0 Å². The molecule has 0 radical (unpaired) electrons. The van der Waals surface area contributed by atoms with E-state index in [1.165, 1.54) is 41.4 Å². The monoisotopic (exact) mass is 228 g/mol. The predicted octanol–water partition coefficient (Wildman–Crippen LogP) is 3.13. The number of nitrogens with one attached hydrogen (secondary N) is 1. The smallest absolute Gasteiger partial charge is 0.0483 e. The van der Waals surface area contributed by atoms with E-state index in [2.05, 4.69) is 48.1 Å². The van der Waals surface area contributed by atoms with Gasteiger partial charge in [0.25, 0.3) is 0 Å². The second-order valence-corrected chi connectivity index (χ2v) is 5.16. The first-order chi connectivity index (χ1) is 8.27. The van der Waals surface area contributed by atoms with Crippen molar-refractivity contribution in [1.82, 2.24) is 9.88 Å². The highest BCUT2D eigenvalue weighted by Gasteiger charge is 2.18. The molecule has 1 N–H and O–H groups in total. The lowest BCUT2D eigenvalue weighted by Gasteiger charge is -2.26. The Morgan fingerprint density at radius 3 is 2.71 bits per heavy atom. The van der Waals surface area contributed by atoms with Crippen molar-refractivity contribution in [3.8, 4) is 0 Å². The Hall–Kier alpha value is -1.28. The van der Waals surface area contributed by atoms with E-state index in [9.17, 15) is 0 Å². The van der Waals surface area contributed by atoms with E-state index in [0.717, 1.165) is 12.6 Å². The molecule has 3 rings (SSSR count). The number of benzene rings is 1. The summed E-state index contributed by atoms with van der Waals surface area (Å²) in [6.45, 7) is 3.24. The molecule has 1 saturated carbocycles. The molecule has 0 saturated heterocycles. The number of aryl methyl sites for hydroxylation is 2. The molecule has 2 heteroatoms. The number of aromatic nitrogens is 1. The van der Waals surface area contributed by atoms with Crippen molar-refractivity contribution in [2.45, 2.75) is 38.8 Å². The molecule has 1 aromatic carbocycles. The molecule has 0 spiro atoms. The Morgan fingerprint density at radius 2 is 2.06 bits per heavy atom. The lowest BCUT2D eigenvalue weighted by Crippen LogP contribution is -2.35. The van der Waals surface area contributed by atoms with Crippen LogP contribution in [0, 0.1) is 6.92 Å². The average molecular weight is 228 g/mol. The van der Waals surface area contributed by atoms with Gasteiger partial charge < -0.3 is 9.88 Å². The molecule has 1 aromatic heterocycles. The van der Waals surface area contributed by atoms with Crippen molar-refractivity contribution in [2.75, 3.05) is 0 Å². The molecule has 90 valence electrons. The molecule has 1 heterocycles. The fourth-order valence-electron chi connectivity index (χ4n) is 2.74. The second kappa shape index (κ2) is 4.19. The summed E-state index contributed by atoms with van der Waals surface area (Å²) < 4.78 is 2.33. The van der Waals surface area contributed by atoms with Crippen LogP contribution in [0.25, 0.3) is 10.9 Å². The van der Waals surface area contributed by atoms with Gasteiger partial charge in [-0.3, -0.25) is 0 Å². The third-order valence-electron chi connectivity index (χ3n) is 4.17. The minimum absolute atomic E-state index is 0.757. The topological polar surface area (TPSA) is 17.0 Å². The molecule has 0 unspecified atom stereocenters. The van der Waals surface area contributed by atoms with E-state index in [-0.39, 0.29) is 0 Å². The summed E-state index contributed by atoms with van der Waals surface area (Å²) in [5, 5.41) is 5.05. The summed E-state index contributed by atoms with van der Waals surface area (Å²) >= 11 is 0. The van der Waals surface area contributed by atoms with Crippen LogP contribution in [0.1, 0.15) is 30.5 Å². The molecular formula is C15H20N2. The van der Waals surface area contributed by atoms with E-state index >= 15 is 0 Å². The molecule has 1 aliphatic carbocycles. The Morgan fingerprint density at radius 1 is 1.29 bits per heavy atom. The van der Waals surface area contributed by atoms with Gasteiger partial charge in [0.1, 0.15) is 0 Å². The average Bonchev–Trinajstić information content (AvgIpc) is 2.53. The number of fused-ring (bicyclic) bond motifs is 1. The summed E-state index contributed by atoms with van der Waals surface area (Å²) in [4.78, 5) is 0. The highest BCUT2D eigenvalue weighted by molar-refractivity contribution is 5.85. The third kappa shape index (κ3) is 1.77. The van der Waals surface area contributed by atoms with Gasteiger partial charge in [0, 0.05) is 36.2 Å². The molecule has 0 aliphatic heterocycles. The summed E-state index contributed by atoms with van der Waals surface area (Å²) in [5.74, 6) is 0. The zero-order valence-electron chi connectivity index (χ0n) is 10.7. The van der Waals surface area contributed by atoms with Crippen LogP contribution in [-0.4, -0.2) is 10.6 Å². The summed E-state index contributed by atoms with van der Waals surface area (Å²) in [6.07, 6.45) is 4.09. The maximum absolute atomic E-state index is 3.66. The molecule has 0 amide bonds. The zero-order valence-corrected chi connectivity index (χ0v) is 10.7. The first-order valence-corrected chi connectivity index (χ1v) is 6.53. The molecular weight excluding hydrogens is 208 g/mol. The van der Waals surface area contributed by atoms with Crippen molar-refractivity contribution in [3.05, 3.63) is 35.5 Å². The number of nitrogens with zero attached hydrogens (tertiary/aromatic N) is 1. The number of hydrogen-bond acceptors (Lipinski definition) is 1. The Balaban J connectivity index is 1.92. The van der Waals surface area contributed by atoms with Gasteiger partial charge in [-0.1, -0.05) is 24.6 Å². The van der Waals surface area contributed by atoms with Crippen molar-refractivity contribution >= 4 is 10.9 Å². The minimum atomic E-state index is 0.757. The molecule has 0 atom stereocenters. The van der Waals surface area contributed by atoms with Crippen LogP contribution in [0.4, 0.5) is 0 Å². The van der Waals surface area contributed by atoms with Gasteiger partial charge in [-0.05, 0) is 31.4 Å². The first kappa shape index (κ1) is 10.8. The van der Waals surface area contributed by atoms with Gasteiger partial charge in [-0.25, -0.2) is 0 Å². The van der Waals surface area contributed by atoms with E-state index in [0.29, 0.717) is 0 Å². The third-order valence-corrected chi connectivity index (χ3v) is 4.17. The maximum atomic E-state index is 3.66. The Bertz CT molecular complexity index is 496. The standard InChI is InChI=1S/C15H20N2/c1-11-13-8-3-4-9-14(13)17(2)15(11)10-16-12-6-5-7-12/h3-4,8-9,12,16H,5-7,10H2,1-2H3. The van der Waals surface area contributed by atoms with Gasteiger partial charge in [0.05, 0.1) is 0 Å². The van der Waals surface area contributed by atoms with Crippen molar-refractivity contribution in [1.29, 1.82) is 0 Å². The Kier molecular flexibility index (Phi) is 2.67. The molecule has 17 heavy (non-hydrogen) atoms. The SMILES string of the molecule is Cc1c(CNC2CCC2)n(C)c2ccccc12. The fourth-order valence-corrected chi connectivity index (χ4v) is 2.74. The van der Waals surface area contributed by atoms with Gasteiger partial charge in [0.2, 0.25) is 0 Å². The van der Waals surface area contributed by atoms with Gasteiger partial charge in [0.15, 0.2) is 0 Å². The maximum Gasteiger partial charge on any atom is 0.0483 e. The lowest BCUT2D eigenvalue weighted by atomic mass is 9.93. The minimum Gasteiger partial charge on any atom is -0.346 e. The van der Waals surface area contributed by atoms with Crippen LogP contribution in [0.5, 0.6) is 0 Å². The van der Waals surface area contributed by atoms with Crippen LogP contribution < -0.4 is 5.32 Å². The van der Waals surface area contributed by atoms with Crippen molar-refractivity contribution < 1.29 is 0 Å². The molecule has 1 fully saturated rings. The van der Waals surface area contributed by atoms with Crippen LogP contribution in [0.15, 0.2) is 24.3 Å². The first-order valence-electron chi connectivity index (χ1n) is 6.53. The van der Waals surface area contributed by atoms with Gasteiger partial charge in [-0.2, -0.15) is 0 Å². The van der Waals surface area contributed by atoms with E-state index < -0.39 is 0 Å². The van der Waals surface area contributed by atoms with Crippen LogP contribution in [-0.2, 0) is 13.6 Å². The largest absolute Gasteiger partial charge is 0.346 e. The fraction of sp³-hybridized carbons (Fsp3) is 0.467. The van der Waals surface area contributed by atoms with Crippen LogP contribution in [0.3, 0.4) is 0 Å². The summed E-state index contributed by atoms with van der Waals surface area (Å²) in [5.41, 5.74) is 4.20. The lowest BCUT2D eigenvalue weighted by molar-refractivity contribution is 0.335. The predicted molar refractivity (Wildman–Crippen MR) is 72.1 cm³/mol. The number of hydrogen-bond donors (Lipinski definition) is 1. The van der Waals surface area contributed by atoms with E-state index in [1.54, 1.807) is 0 Å². The van der Waals surface area contributed by atoms with Crippen molar-refractivity contribution in [2.24, 2.45) is 7.05 Å². The highest BCUT2D eigenvalue weighted by atomic mass is 15.0. The van der Waals surface area contributed by atoms with Crippen LogP contribution in [0.2, 0.25) is 0 Å². The molecule has 2 nitrogen and oxygen atoms in total. The zero-order chi connectivity index (χ0) is 11.8. The van der Waals surface area contributed by atoms with E-state index in [1.807, 2.05) is 0 Å². The Labute approximate surface area is 103 Å². The normalized spacial score (nSPS) is 16.4. The van der Waals surface area contributed by atoms with Gasteiger partial charge >= 0.3 is 0 Å². The summed E-state index contributed by atoms with van der Waals surface area (Å²) in [7, 11) is 2.17. The molecule has 2 aromatic rings. The number of para-hydroxylation sites is 1. The quantitative estimate of drug-likeness (QED) is 0.854. The van der Waals surface area contributed by atoms with E-state index in [4.69, 9.17) is 0 Å². The molecule has 1 aliphatic rings. The highest BCUT2D eigenvalue weighted by Crippen LogP contribution is 2.25. The molecule has 0 bridgehead atoms. The van der Waals surface area contributed by atoms with Gasteiger partial charge in [-0.15, -0.1) is 0 Å². The number of rotatable bonds is 3. The van der Waals surface area contributed by atoms with Crippen LogP contribution >= 0.6 is 0 Å².